The molecular weight excluding hydrogens is 591 g/mol. The zero-order chi connectivity index (χ0) is 29.4. The van der Waals surface area contributed by atoms with Crippen molar-refractivity contribution in [2.75, 3.05) is 25.6 Å². The molecule has 0 atom stereocenters. The minimum absolute atomic E-state index is 0.0371. The van der Waals surface area contributed by atoms with Gasteiger partial charge in [0, 0.05) is 30.4 Å². The molecule has 4 aromatic rings. The number of hydrogen-bond acceptors (Lipinski definition) is 8. The maximum absolute atomic E-state index is 12.9. The minimum atomic E-state index is -0.428. The zero-order valence-electron chi connectivity index (χ0n) is 21.8. The van der Waals surface area contributed by atoms with Gasteiger partial charge in [0.05, 0.1) is 40.0 Å². The first-order valence-electron chi connectivity index (χ1n) is 12.3. The molecule has 3 N–H and O–H groups in total. The second kappa shape index (κ2) is 14.2. The van der Waals surface area contributed by atoms with Crippen molar-refractivity contribution in [3.05, 3.63) is 98.4 Å². The van der Waals surface area contributed by atoms with Crippen LogP contribution < -0.4 is 20.1 Å². The van der Waals surface area contributed by atoms with Crippen LogP contribution in [0.2, 0.25) is 15.1 Å². The van der Waals surface area contributed by atoms with Gasteiger partial charge in [0.25, 0.3) is 5.91 Å². The molecule has 1 amide bonds. The van der Waals surface area contributed by atoms with Gasteiger partial charge >= 0.3 is 0 Å². The number of carbonyl (C=O) groups is 2. The van der Waals surface area contributed by atoms with Crippen LogP contribution in [-0.2, 0) is 13.2 Å². The number of nitrogens with zero attached hydrogens (tertiary/aromatic N) is 2. The van der Waals surface area contributed by atoms with E-state index in [1.54, 1.807) is 54.7 Å². The number of methoxy groups -OCH3 is 1. The SMILES string of the molecule is COc1nc(COc2cccc(-c3cccc(NC(=O)c4ccc(CNCCO)cn4)c3Cl)c2Cl)c(Cl)cc1C=O. The molecule has 9 nitrogen and oxygen atoms in total. The molecule has 2 heterocycles. The number of ether oxygens (including phenoxy) is 2. The number of pyridine rings is 2. The van der Waals surface area contributed by atoms with Crippen LogP contribution in [0.15, 0.2) is 60.8 Å². The summed E-state index contributed by atoms with van der Waals surface area (Å²) in [6.45, 7) is 0.991. The lowest BCUT2D eigenvalue weighted by atomic mass is 10.0. The van der Waals surface area contributed by atoms with Crippen LogP contribution in [0.25, 0.3) is 11.1 Å². The van der Waals surface area contributed by atoms with Crippen molar-refractivity contribution in [2.45, 2.75) is 13.2 Å². The molecule has 0 aliphatic rings. The molecule has 0 fully saturated rings. The van der Waals surface area contributed by atoms with Crippen LogP contribution in [0.1, 0.15) is 32.1 Å². The third-order valence-corrected chi connectivity index (χ3v) is 7.03. The third-order valence-electron chi connectivity index (χ3n) is 5.90. The van der Waals surface area contributed by atoms with Crippen LogP contribution in [0, 0.1) is 0 Å². The number of halogens is 3. The Balaban J connectivity index is 1.51. The zero-order valence-corrected chi connectivity index (χ0v) is 24.1. The Morgan fingerprint density at radius 1 is 1.05 bits per heavy atom. The summed E-state index contributed by atoms with van der Waals surface area (Å²) in [4.78, 5) is 32.6. The fourth-order valence-corrected chi connectivity index (χ4v) is 4.62. The van der Waals surface area contributed by atoms with Crippen molar-refractivity contribution in [2.24, 2.45) is 0 Å². The van der Waals surface area contributed by atoms with Crippen LogP contribution in [0.3, 0.4) is 0 Å². The normalized spacial score (nSPS) is 10.8. The lowest BCUT2D eigenvalue weighted by Gasteiger charge is -2.15. The predicted molar refractivity (Wildman–Crippen MR) is 158 cm³/mol. The van der Waals surface area contributed by atoms with E-state index in [0.29, 0.717) is 47.6 Å². The van der Waals surface area contributed by atoms with Crippen molar-refractivity contribution in [3.63, 3.8) is 0 Å². The van der Waals surface area contributed by atoms with E-state index in [2.05, 4.69) is 20.6 Å². The summed E-state index contributed by atoms with van der Waals surface area (Å²) in [5.41, 5.74) is 3.22. The van der Waals surface area contributed by atoms with Crippen molar-refractivity contribution in [1.29, 1.82) is 0 Å². The standard InChI is InChI=1S/C29H25Cl3N4O5/c1-40-29-18(15-38)12-21(30)24(36-29)16-41-25-7-3-5-20(27(25)32)19-4-2-6-22(26(19)31)35-28(39)23-9-8-17(14-34-23)13-33-10-11-37/h2-9,12,14-15,33,37H,10-11,13,16H2,1H3,(H,35,39). The molecule has 0 aliphatic heterocycles. The van der Waals surface area contributed by atoms with Crippen LogP contribution in [0.5, 0.6) is 11.6 Å². The Hall–Kier alpha value is -3.73. The van der Waals surface area contributed by atoms with E-state index in [-0.39, 0.29) is 45.4 Å². The van der Waals surface area contributed by atoms with Gasteiger partial charge in [-0.25, -0.2) is 4.98 Å². The molecule has 2 aromatic carbocycles. The van der Waals surface area contributed by atoms with E-state index < -0.39 is 5.91 Å². The van der Waals surface area contributed by atoms with E-state index in [1.807, 2.05) is 0 Å². The Kier molecular flexibility index (Phi) is 10.5. The number of rotatable bonds is 12. The van der Waals surface area contributed by atoms with Crippen LogP contribution >= 0.6 is 34.8 Å². The summed E-state index contributed by atoms with van der Waals surface area (Å²) in [6, 6.07) is 15.3. The third kappa shape index (κ3) is 7.32. The predicted octanol–water partition coefficient (Wildman–Crippen LogP) is 5.84. The number of amides is 1. The molecule has 0 spiro atoms. The lowest BCUT2D eigenvalue weighted by Crippen LogP contribution is -2.18. The molecule has 0 saturated heterocycles. The number of aliphatic hydroxyl groups excluding tert-OH is 1. The molecule has 4 rings (SSSR count). The van der Waals surface area contributed by atoms with Crippen LogP contribution in [-0.4, -0.2) is 47.5 Å². The summed E-state index contributed by atoms with van der Waals surface area (Å²) in [5, 5.41) is 15.5. The number of benzene rings is 2. The second-order valence-corrected chi connectivity index (χ2v) is 9.78. The van der Waals surface area contributed by atoms with E-state index in [1.165, 1.54) is 13.2 Å². The number of aldehydes is 1. The van der Waals surface area contributed by atoms with Crippen molar-refractivity contribution < 1.29 is 24.2 Å². The summed E-state index contributed by atoms with van der Waals surface area (Å²) in [7, 11) is 1.40. The molecule has 12 heteroatoms. The first-order chi connectivity index (χ1) is 19.9. The average molecular weight is 616 g/mol. The van der Waals surface area contributed by atoms with E-state index in [4.69, 9.17) is 49.4 Å². The number of aliphatic hydroxyl groups is 1. The molecule has 0 radical (unpaired) electrons. The van der Waals surface area contributed by atoms with E-state index in [9.17, 15) is 9.59 Å². The van der Waals surface area contributed by atoms with Crippen molar-refractivity contribution in [1.82, 2.24) is 15.3 Å². The second-order valence-electron chi connectivity index (χ2n) is 8.61. The van der Waals surface area contributed by atoms with Crippen molar-refractivity contribution >= 4 is 52.7 Å². The molecule has 41 heavy (non-hydrogen) atoms. The number of aromatic nitrogens is 2. The Bertz CT molecular complexity index is 1550. The highest BCUT2D eigenvalue weighted by molar-refractivity contribution is 6.39. The monoisotopic (exact) mass is 614 g/mol. The van der Waals surface area contributed by atoms with Gasteiger partial charge < -0.3 is 25.2 Å². The molecular formula is C29H25Cl3N4O5. The number of anilines is 1. The summed E-state index contributed by atoms with van der Waals surface area (Å²) in [6.07, 6.45) is 2.20. The fourth-order valence-electron chi connectivity index (χ4n) is 3.85. The largest absolute Gasteiger partial charge is 0.486 e. The van der Waals surface area contributed by atoms with Gasteiger partial charge in [-0.1, -0.05) is 65.1 Å². The van der Waals surface area contributed by atoms with Crippen molar-refractivity contribution in [3.8, 4) is 22.8 Å². The highest BCUT2D eigenvalue weighted by atomic mass is 35.5. The van der Waals surface area contributed by atoms with Gasteiger partial charge in [-0.05, 0) is 29.8 Å². The highest BCUT2D eigenvalue weighted by Gasteiger charge is 2.18. The van der Waals surface area contributed by atoms with Gasteiger partial charge in [0.15, 0.2) is 6.29 Å². The van der Waals surface area contributed by atoms with Gasteiger partial charge in [0.2, 0.25) is 5.88 Å². The van der Waals surface area contributed by atoms with Gasteiger partial charge in [-0.15, -0.1) is 0 Å². The Morgan fingerprint density at radius 3 is 2.49 bits per heavy atom. The summed E-state index contributed by atoms with van der Waals surface area (Å²) < 4.78 is 11.1. The quantitative estimate of drug-likeness (QED) is 0.134. The maximum atomic E-state index is 12.9. The molecule has 0 aliphatic carbocycles. The minimum Gasteiger partial charge on any atom is -0.486 e. The number of nitrogens with one attached hydrogen (secondary N) is 2. The fraction of sp³-hybridized carbons (Fsp3) is 0.172. The Labute approximate surface area is 251 Å². The highest BCUT2D eigenvalue weighted by Crippen LogP contribution is 2.41. The number of carbonyl (C=O) groups excluding carboxylic acids is 2. The molecule has 0 bridgehead atoms. The average Bonchev–Trinajstić information content (AvgIpc) is 2.98. The summed E-state index contributed by atoms with van der Waals surface area (Å²) in [5.74, 6) is 0.0564. The number of hydrogen-bond donors (Lipinski definition) is 3. The first kappa shape index (κ1) is 30.2. The molecule has 0 unspecified atom stereocenters. The molecule has 2 aromatic heterocycles. The van der Waals surface area contributed by atoms with Gasteiger partial charge in [0.1, 0.15) is 23.7 Å². The van der Waals surface area contributed by atoms with Gasteiger partial charge in [-0.2, -0.15) is 0 Å². The summed E-state index contributed by atoms with van der Waals surface area (Å²) >= 11 is 19.7. The van der Waals surface area contributed by atoms with E-state index in [0.717, 1.165) is 5.56 Å². The topological polar surface area (TPSA) is 123 Å². The van der Waals surface area contributed by atoms with E-state index >= 15 is 0 Å². The lowest BCUT2D eigenvalue weighted by molar-refractivity contribution is 0.102. The first-order valence-corrected chi connectivity index (χ1v) is 13.5. The maximum Gasteiger partial charge on any atom is 0.274 e. The van der Waals surface area contributed by atoms with Gasteiger partial charge in [-0.3, -0.25) is 14.6 Å². The molecule has 212 valence electrons. The smallest absolute Gasteiger partial charge is 0.274 e. The van der Waals surface area contributed by atoms with Crippen LogP contribution in [0.4, 0.5) is 5.69 Å². The molecule has 0 saturated carbocycles. The Morgan fingerprint density at radius 2 is 1.80 bits per heavy atom.